The largest absolute Gasteiger partial charge is 0.333 e. The average molecular weight is 1310 g/mol. The highest BCUT2D eigenvalue weighted by Gasteiger charge is 2.29. The number of rotatable bonds is 9. The molecule has 6 nitrogen and oxygen atoms in total. The van der Waals surface area contributed by atoms with E-state index in [4.69, 9.17) is 0 Å². The zero-order chi connectivity index (χ0) is 67.5. The van der Waals surface area contributed by atoms with Crippen LogP contribution in [0.25, 0.3) is 187 Å². The number of benzene rings is 15. The predicted molar refractivity (Wildman–Crippen MR) is 434 cm³/mol. The maximum absolute atomic E-state index is 2.61. The summed E-state index contributed by atoms with van der Waals surface area (Å²) < 4.78 is 14.9. The van der Waals surface area contributed by atoms with Crippen LogP contribution in [0.2, 0.25) is 0 Å². The molecule has 6 aromatic heterocycles. The zero-order valence-electron chi connectivity index (χ0n) is 56.4. The summed E-state index contributed by atoms with van der Waals surface area (Å²) >= 11 is 0. The molecule has 1 aliphatic carbocycles. The monoisotopic (exact) mass is 1310 g/mol. The van der Waals surface area contributed by atoms with E-state index in [-0.39, 0.29) is 12.0 Å². The van der Waals surface area contributed by atoms with E-state index in [1.807, 2.05) is 0 Å². The fourth-order valence-electron chi connectivity index (χ4n) is 18.0. The summed E-state index contributed by atoms with van der Waals surface area (Å²) in [4.78, 5) is 0. The number of fused-ring (bicyclic) bond motifs is 18. The van der Waals surface area contributed by atoms with Crippen LogP contribution in [0.5, 0.6) is 0 Å². The Morgan fingerprint density at radius 1 is 0.204 bits per heavy atom. The molecule has 0 amide bonds. The Bertz CT molecular complexity index is 7070. The predicted octanol–water partition coefficient (Wildman–Crippen LogP) is 25.4. The first-order valence-corrected chi connectivity index (χ1v) is 35.8. The van der Waals surface area contributed by atoms with Crippen molar-refractivity contribution < 1.29 is 0 Å². The molecule has 0 spiro atoms. The van der Waals surface area contributed by atoms with Crippen LogP contribution in [0.4, 0.5) is 0 Å². The lowest BCUT2D eigenvalue weighted by Crippen LogP contribution is -2.18. The molecule has 482 valence electrons. The van der Waals surface area contributed by atoms with Gasteiger partial charge in [0.15, 0.2) is 0 Å². The SMILES string of the molecule is CC1C(c2ccccc2)=CC=CC1n1c2ccc(-n3c4ccccc4c4ccccc43)cc2c2cc(-n3c4ccccc4c4cc(-c5ccc6c(c5)c5ccccc5n6-c5ccc6c(c5)c5cc(-n7c8ccccc8c8ccccc87)ccc5n6-c5ccc(-c6ccccc6)cc5)ccc43)ccc21. The summed E-state index contributed by atoms with van der Waals surface area (Å²) in [5, 5.41) is 14.7. The van der Waals surface area contributed by atoms with Gasteiger partial charge in [0.2, 0.25) is 0 Å². The maximum atomic E-state index is 2.61. The van der Waals surface area contributed by atoms with E-state index < -0.39 is 0 Å². The van der Waals surface area contributed by atoms with Crippen LogP contribution in [-0.2, 0) is 0 Å². The van der Waals surface area contributed by atoms with Crippen molar-refractivity contribution in [3.05, 3.63) is 364 Å². The van der Waals surface area contributed by atoms with E-state index in [1.54, 1.807) is 0 Å². The van der Waals surface area contributed by atoms with Gasteiger partial charge in [0.1, 0.15) is 0 Å². The van der Waals surface area contributed by atoms with Crippen LogP contribution in [-0.4, -0.2) is 27.4 Å². The standard InChI is InChI=1S/C97H64N6/c1-61-72(64-23-6-3-7-24-64)31-20-38-85(61)103-96-53-47-69(100-88-34-16-10-27-75(88)76-28-11-17-35-89(76)100)59-83(96)84-60-71(48-54-97(84)103)102-91-37-19-13-30-78(91)80-56-66(42-50-93(80)102)65-41-49-92-79(55-65)77-29-12-18-36-90(77)101(92)70-46-52-95-82(58-70)81-57-68(99-86-32-14-8-25-73(86)74-26-9-15-33-87(74)99)45-51-94(81)98(95)67-43-39-63(40-44-67)62-21-4-2-5-22-62/h2-61,85H,1H3. The Kier molecular flexibility index (Phi) is 12.4. The van der Waals surface area contributed by atoms with E-state index in [0.29, 0.717) is 0 Å². The minimum Gasteiger partial charge on any atom is -0.333 e. The van der Waals surface area contributed by atoms with Gasteiger partial charge in [0, 0.05) is 110 Å². The highest BCUT2D eigenvalue weighted by atomic mass is 15.0. The van der Waals surface area contributed by atoms with Gasteiger partial charge >= 0.3 is 0 Å². The first-order chi connectivity index (χ1) is 51.0. The molecule has 2 atom stereocenters. The molecule has 15 aromatic carbocycles. The lowest BCUT2D eigenvalue weighted by atomic mass is 9.84. The fraction of sp³-hybridized carbons (Fsp3) is 0.0309. The molecule has 6 heterocycles. The lowest BCUT2D eigenvalue weighted by molar-refractivity contribution is 0.523. The van der Waals surface area contributed by atoms with Gasteiger partial charge in [-0.05, 0) is 179 Å². The minimum absolute atomic E-state index is 0.0835. The summed E-state index contributed by atoms with van der Waals surface area (Å²) in [6.07, 6.45) is 6.99. The molecule has 0 radical (unpaired) electrons. The van der Waals surface area contributed by atoms with Gasteiger partial charge in [0.25, 0.3) is 0 Å². The van der Waals surface area contributed by atoms with Crippen molar-refractivity contribution >= 4 is 136 Å². The Morgan fingerprint density at radius 3 is 0.854 bits per heavy atom. The molecular formula is C97H64N6. The van der Waals surface area contributed by atoms with Crippen LogP contribution in [0.1, 0.15) is 18.5 Å². The molecule has 22 rings (SSSR count). The molecule has 1 aliphatic rings. The third-order valence-electron chi connectivity index (χ3n) is 22.6. The Morgan fingerprint density at radius 2 is 0.466 bits per heavy atom. The number of para-hydroxylation sites is 6. The zero-order valence-corrected chi connectivity index (χ0v) is 56.4. The van der Waals surface area contributed by atoms with Crippen molar-refractivity contribution in [2.75, 3.05) is 0 Å². The van der Waals surface area contributed by atoms with Gasteiger partial charge < -0.3 is 27.4 Å². The highest BCUT2D eigenvalue weighted by Crippen LogP contribution is 2.47. The van der Waals surface area contributed by atoms with Crippen LogP contribution in [0.15, 0.2) is 358 Å². The van der Waals surface area contributed by atoms with Crippen LogP contribution in [0, 0.1) is 5.92 Å². The van der Waals surface area contributed by atoms with Crippen molar-refractivity contribution in [1.82, 2.24) is 27.4 Å². The molecule has 2 unspecified atom stereocenters. The lowest BCUT2D eigenvalue weighted by Gasteiger charge is -2.29. The number of allylic oxidation sites excluding steroid dienone is 4. The third-order valence-corrected chi connectivity index (χ3v) is 22.6. The van der Waals surface area contributed by atoms with E-state index in [2.05, 4.69) is 392 Å². The van der Waals surface area contributed by atoms with E-state index in [9.17, 15) is 0 Å². The molecule has 21 aromatic rings. The second kappa shape index (κ2) is 22.3. The van der Waals surface area contributed by atoms with Crippen molar-refractivity contribution in [2.24, 2.45) is 5.92 Å². The van der Waals surface area contributed by atoms with Crippen molar-refractivity contribution in [3.8, 4) is 50.7 Å². The number of hydrogen-bond donors (Lipinski definition) is 0. The number of aromatic nitrogens is 6. The van der Waals surface area contributed by atoms with Crippen molar-refractivity contribution in [3.63, 3.8) is 0 Å². The second-order valence-electron chi connectivity index (χ2n) is 28.0. The highest BCUT2D eigenvalue weighted by molar-refractivity contribution is 6.17. The summed E-state index contributed by atoms with van der Waals surface area (Å²) in [6.45, 7) is 2.39. The van der Waals surface area contributed by atoms with Crippen LogP contribution in [0.3, 0.4) is 0 Å². The van der Waals surface area contributed by atoms with Gasteiger partial charge in [-0.1, -0.05) is 219 Å². The average Bonchev–Trinajstić information content (AvgIpc) is 1.57. The Labute approximate surface area is 593 Å². The molecular weight excluding hydrogens is 1250 g/mol. The Balaban J connectivity index is 0.683. The van der Waals surface area contributed by atoms with Crippen molar-refractivity contribution in [1.29, 1.82) is 0 Å². The second-order valence-corrected chi connectivity index (χ2v) is 28.0. The quantitative estimate of drug-likeness (QED) is 0.138. The normalized spacial score (nSPS) is 14.3. The van der Waals surface area contributed by atoms with Gasteiger partial charge in [-0.2, -0.15) is 0 Å². The molecule has 0 bridgehead atoms. The smallest absolute Gasteiger partial charge is 0.0591 e. The Hall–Kier alpha value is -13.4. The van der Waals surface area contributed by atoms with Crippen LogP contribution >= 0.6 is 0 Å². The fourth-order valence-corrected chi connectivity index (χ4v) is 18.0. The topological polar surface area (TPSA) is 29.6 Å². The summed E-state index contributed by atoms with van der Waals surface area (Å²) in [7, 11) is 0. The molecule has 0 saturated heterocycles. The van der Waals surface area contributed by atoms with E-state index in [1.165, 1.54) is 148 Å². The van der Waals surface area contributed by atoms with E-state index >= 15 is 0 Å². The summed E-state index contributed by atoms with van der Waals surface area (Å²) in [5.74, 6) is 0.217. The molecule has 0 aliphatic heterocycles. The third kappa shape index (κ3) is 8.56. The van der Waals surface area contributed by atoms with E-state index in [0.717, 1.165) is 45.0 Å². The first kappa shape index (κ1) is 57.5. The van der Waals surface area contributed by atoms with Gasteiger partial charge in [0.05, 0.1) is 61.2 Å². The van der Waals surface area contributed by atoms with Gasteiger partial charge in [-0.25, -0.2) is 0 Å². The maximum Gasteiger partial charge on any atom is 0.0591 e. The minimum atomic E-state index is 0.0835. The number of nitrogens with zero attached hydrogens (tertiary/aromatic N) is 6. The molecule has 0 fully saturated rings. The van der Waals surface area contributed by atoms with Crippen molar-refractivity contribution in [2.45, 2.75) is 13.0 Å². The summed E-state index contributed by atoms with van der Waals surface area (Å²) in [6, 6.07) is 127. The first-order valence-electron chi connectivity index (χ1n) is 35.8. The summed E-state index contributed by atoms with van der Waals surface area (Å²) in [5.41, 5.74) is 27.2. The molecule has 0 saturated carbocycles. The van der Waals surface area contributed by atoms with Gasteiger partial charge in [-0.15, -0.1) is 0 Å². The molecule has 103 heavy (non-hydrogen) atoms. The molecule has 0 N–H and O–H groups in total. The van der Waals surface area contributed by atoms with Gasteiger partial charge in [-0.3, -0.25) is 0 Å². The van der Waals surface area contributed by atoms with Crippen LogP contribution < -0.4 is 0 Å². The number of hydrogen-bond acceptors (Lipinski definition) is 0. The molecule has 6 heteroatoms.